The fourth-order valence-electron chi connectivity index (χ4n) is 3.10. The number of hydrogen-bond donors (Lipinski definition) is 0. The Morgan fingerprint density at radius 1 is 0.765 bits per heavy atom. The van der Waals surface area contributed by atoms with Crippen LogP contribution < -0.4 is 0 Å². The zero-order valence-electron chi connectivity index (χ0n) is 14.3. The van der Waals surface area contributed by atoms with Gasteiger partial charge in [-0.25, -0.2) is 0 Å². The third kappa shape index (κ3) is 2.88. The molecule has 0 aliphatic heterocycles. The minimum absolute atomic E-state index is 0.321. The SMILES string of the molecule is CCC(C)(C(C)C(C)(C)C)C(C)(C)C(C)(C)C. The lowest BCUT2D eigenvalue weighted by Crippen LogP contribution is -2.50. The molecule has 0 fully saturated rings. The van der Waals surface area contributed by atoms with Crippen LogP contribution in [-0.2, 0) is 0 Å². The third-order valence-corrected chi connectivity index (χ3v) is 6.29. The third-order valence-electron chi connectivity index (χ3n) is 6.29. The Kier molecular flexibility index (Phi) is 4.59. The van der Waals surface area contributed by atoms with Crippen LogP contribution in [0.5, 0.6) is 0 Å². The van der Waals surface area contributed by atoms with Crippen molar-refractivity contribution in [2.75, 3.05) is 0 Å². The van der Waals surface area contributed by atoms with Gasteiger partial charge >= 0.3 is 0 Å². The molecule has 0 saturated carbocycles. The van der Waals surface area contributed by atoms with Gasteiger partial charge in [-0.05, 0) is 34.0 Å². The van der Waals surface area contributed by atoms with Gasteiger partial charge in [0.15, 0.2) is 0 Å². The first kappa shape index (κ1) is 17.0. The van der Waals surface area contributed by atoms with Gasteiger partial charge in [-0.1, -0.05) is 76.2 Å². The van der Waals surface area contributed by atoms with Crippen molar-refractivity contribution in [3.63, 3.8) is 0 Å². The Balaban J connectivity index is 5.59. The van der Waals surface area contributed by atoms with Gasteiger partial charge in [0.05, 0.1) is 0 Å². The molecule has 0 heterocycles. The molecule has 0 bridgehead atoms. The maximum atomic E-state index is 2.49. The standard InChI is InChI=1S/C17H36/c1-12-17(11,13(2)14(3,4)5)16(9,10)15(6,7)8/h13H,12H2,1-11H3. The van der Waals surface area contributed by atoms with Crippen LogP contribution in [-0.4, -0.2) is 0 Å². The highest BCUT2D eigenvalue weighted by Gasteiger charge is 2.52. The van der Waals surface area contributed by atoms with E-state index in [-0.39, 0.29) is 0 Å². The van der Waals surface area contributed by atoms with E-state index in [1.165, 1.54) is 6.42 Å². The molecule has 0 nitrogen and oxygen atoms in total. The summed E-state index contributed by atoms with van der Waals surface area (Å²) in [5.74, 6) is 0.703. The van der Waals surface area contributed by atoms with Crippen LogP contribution in [0.1, 0.15) is 82.6 Å². The zero-order valence-corrected chi connectivity index (χ0v) is 14.3. The van der Waals surface area contributed by atoms with Gasteiger partial charge in [-0.2, -0.15) is 0 Å². The molecule has 0 spiro atoms. The Labute approximate surface area is 111 Å². The van der Waals surface area contributed by atoms with Crippen LogP contribution in [0.4, 0.5) is 0 Å². The summed E-state index contributed by atoms with van der Waals surface area (Å²) in [6.07, 6.45) is 1.25. The van der Waals surface area contributed by atoms with Crippen LogP contribution in [0.2, 0.25) is 0 Å². The molecule has 2 unspecified atom stereocenters. The van der Waals surface area contributed by atoms with E-state index < -0.39 is 0 Å². The Bertz CT molecular complexity index is 246. The van der Waals surface area contributed by atoms with E-state index >= 15 is 0 Å². The van der Waals surface area contributed by atoms with E-state index in [4.69, 9.17) is 0 Å². The molecule has 0 rings (SSSR count). The summed E-state index contributed by atoms with van der Waals surface area (Å²) < 4.78 is 0. The van der Waals surface area contributed by atoms with Crippen molar-refractivity contribution >= 4 is 0 Å². The highest BCUT2D eigenvalue weighted by molar-refractivity contribution is 5.00. The van der Waals surface area contributed by atoms with Crippen molar-refractivity contribution in [1.82, 2.24) is 0 Å². The van der Waals surface area contributed by atoms with Gasteiger partial charge in [0.25, 0.3) is 0 Å². The summed E-state index contributed by atoms with van der Waals surface area (Å²) in [7, 11) is 0. The quantitative estimate of drug-likeness (QED) is 0.554. The average molecular weight is 240 g/mol. The average Bonchev–Trinajstić information content (AvgIpc) is 2.11. The molecule has 17 heavy (non-hydrogen) atoms. The summed E-state index contributed by atoms with van der Waals surface area (Å²) in [5.41, 5.74) is 1.38. The molecule has 0 aliphatic carbocycles. The Morgan fingerprint density at radius 3 is 1.29 bits per heavy atom. The first-order valence-corrected chi connectivity index (χ1v) is 7.22. The van der Waals surface area contributed by atoms with Gasteiger partial charge in [0.1, 0.15) is 0 Å². The molecule has 0 aromatic heterocycles. The van der Waals surface area contributed by atoms with Crippen LogP contribution in [0.3, 0.4) is 0 Å². The van der Waals surface area contributed by atoms with Crippen molar-refractivity contribution in [3.05, 3.63) is 0 Å². The molecule has 0 aromatic carbocycles. The second-order valence-corrected chi connectivity index (χ2v) is 8.73. The van der Waals surface area contributed by atoms with Crippen LogP contribution in [0.25, 0.3) is 0 Å². The predicted octanol–water partition coefficient (Wildman–Crippen LogP) is 6.16. The van der Waals surface area contributed by atoms with E-state index in [1.54, 1.807) is 0 Å². The summed E-state index contributed by atoms with van der Waals surface area (Å²) >= 11 is 0. The molecular formula is C17H36. The van der Waals surface area contributed by atoms with E-state index in [0.717, 1.165) is 0 Å². The summed E-state index contributed by atoms with van der Waals surface area (Å²) in [6, 6.07) is 0. The van der Waals surface area contributed by atoms with Crippen LogP contribution in [0, 0.1) is 27.6 Å². The smallest absolute Gasteiger partial charge is 0.0242 e. The lowest BCUT2D eigenvalue weighted by molar-refractivity contribution is -0.0902. The molecule has 0 amide bonds. The highest BCUT2D eigenvalue weighted by Crippen LogP contribution is 2.59. The van der Waals surface area contributed by atoms with E-state index in [1.807, 2.05) is 0 Å². The molecule has 0 radical (unpaired) electrons. The first-order valence-electron chi connectivity index (χ1n) is 7.22. The van der Waals surface area contributed by atoms with Crippen molar-refractivity contribution in [1.29, 1.82) is 0 Å². The van der Waals surface area contributed by atoms with Gasteiger partial charge in [-0.3, -0.25) is 0 Å². The van der Waals surface area contributed by atoms with E-state index in [9.17, 15) is 0 Å². The molecule has 104 valence electrons. The maximum Gasteiger partial charge on any atom is -0.0242 e. The molecule has 0 aromatic rings. The molecule has 0 aliphatic rings. The van der Waals surface area contributed by atoms with Crippen molar-refractivity contribution in [2.45, 2.75) is 82.6 Å². The first-order chi connectivity index (χ1) is 7.22. The van der Waals surface area contributed by atoms with Crippen LogP contribution in [0.15, 0.2) is 0 Å². The Hall–Kier alpha value is 0. The predicted molar refractivity (Wildman–Crippen MR) is 80.3 cm³/mol. The van der Waals surface area contributed by atoms with E-state index in [2.05, 4.69) is 76.2 Å². The van der Waals surface area contributed by atoms with Gasteiger partial charge in [-0.15, -0.1) is 0 Å². The second-order valence-electron chi connectivity index (χ2n) is 8.73. The van der Waals surface area contributed by atoms with Crippen LogP contribution >= 0.6 is 0 Å². The zero-order chi connectivity index (χ0) is 14.3. The van der Waals surface area contributed by atoms with Gasteiger partial charge in [0, 0.05) is 0 Å². The van der Waals surface area contributed by atoms with Crippen molar-refractivity contribution in [3.8, 4) is 0 Å². The number of rotatable bonds is 3. The minimum Gasteiger partial charge on any atom is -0.0648 e. The monoisotopic (exact) mass is 240 g/mol. The van der Waals surface area contributed by atoms with E-state index in [0.29, 0.717) is 27.6 Å². The van der Waals surface area contributed by atoms with Crippen molar-refractivity contribution < 1.29 is 0 Å². The molecule has 2 atom stereocenters. The lowest BCUT2D eigenvalue weighted by Gasteiger charge is -2.58. The lowest BCUT2D eigenvalue weighted by atomic mass is 9.47. The second kappa shape index (κ2) is 4.59. The molecule has 0 heteroatoms. The summed E-state index contributed by atoms with van der Waals surface area (Å²) in [6.45, 7) is 26.5. The normalized spacial score (nSPS) is 19.9. The fourth-order valence-corrected chi connectivity index (χ4v) is 3.10. The molecular weight excluding hydrogens is 204 g/mol. The highest BCUT2D eigenvalue weighted by atomic mass is 14.6. The topological polar surface area (TPSA) is 0 Å². The maximum absolute atomic E-state index is 2.49. The summed E-state index contributed by atoms with van der Waals surface area (Å²) in [5, 5.41) is 0. The largest absolute Gasteiger partial charge is 0.0648 e. The molecule has 0 N–H and O–H groups in total. The van der Waals surface area contributed by atoms with Crippen molar-refractivity contribution in [2.24, 2.45) is 27.6 Å². The van der Waals surface area contributed by atoms with Gasteiger partial charge < -0.3 is 0 Å². The fraction of sp³-hybridized carbons (Fsp3) is 1.00. The van der Waals surface area contributed by atoms with Gasteiger partial charge in [0.2, 0.25) is 0 Å². The minimum atomic E-state index is 0.321. The summed E-state index contributed by atoms with van der Waals surface area (Å²) in [4.78, 5) is 0. The number of hydrogen-bond acceptors (Lipinski definition) is 0. The Morgan fingerprint density at radius 2 is 1.12 bits per heavy atom. The molecule has 0 saturated heterocycles.